The summed E-state index contributed by atoms with van der Waals surface area (Å²) in [4.78, 5) is 11.3. The van der Waals surface area contributed by atoms with Gasteiger partial charge in [0.15, 0.2) is 5.96 Å². The normalized spacial score (nSPS) is 22.0. The van der Waals surface area contributed by atoms with Gasteiger partial charge < -0.3 is 16.0 Å². The third kappa shape index (κ3) is 6.07. The summed E-state index contributed by atoms with van der Waals surface area (Å²) >= 11 is 1.80. The minimum atomic E-state index is 0. The van der Waals surface area contributed by atoms with Crippen LogP contribution in [0.2, 0.25) is 0 Å². The summed E-state index contributed by atoms with van der Waals surface area (Å²) in [6, 6.07) is 4.27. The lowest BCUT2D eigenvalue weighted by Gasteiger charge is -2.49. The molecule has 1 aromatic rings. The average molecular weight is 491 g/mol. The molecule has 26 heavy (non-hydrogen) atoms. The molecule has 1 aromatic heterocycles. The van der Waals surface area contributed by atoms with Gasteiger partial charge in [-0.15, -0.1) is 35.3 Å². The highest BCUT2D eigenvalue weighted by Gasteiger charge is 2.39. The number of thiophene rings is 1. The van der Waals surface area contributed by atoms with Gasteiger partial charge in [0.25, 0.3) is 0 Å². The number of piperidine rings is 2. The average Bonchev–Trinajstić information content (AvgIpc) is 3.16. The highest BCUT2D eigenvalue weighted by Crippen LogP contribution is 2.31. The molecule has 0 unspecified atom stereocenters. The number of hydrogen-bond acceptors (Lipinski definition) is 4. The van der Waals surface area contributed by atoms with E-state index in [2.05, 4.69) is 39.7 Å². The van der Waals surface area contributed by atoms with Crippen molar-refractivity contribution in [2.24, 2.45) is 10.7 Å². The van der Waals surface area contributed by atoms with E-state index in [1.54, 1.807) is 11.3 Å². The molecule has 0 amide bonds. The molecule has 0 atom stereocenters. The summed E-state index contributed by atoms with van der Waals surface area (Å²) in [6.07, 6.45) is 7.45. The smallest absolute Gasteiger partial charge is 0.188 e. The van der Waals surface area contributed by atoms with Crippen molar-refractivity contribution in [1.29, 1.82) is 0 Å². The summed E-state index contributed by atoms with van der Waals surface area (Å²) in [5.41, 5.74) is 6.37. The van der Waals surface area contributed by atoms with Crippen LogP contribution in [0.4, 0.5) is 0 Å². The van der Waals surface area contributed by atoms with E-state index >= 15 is 0 Å². The second-order valence-corrected chi connectivity index (χ2v) is 8.57. The Morgan fingerprint density at radius 1 is 1.23 bits per heavy atom. The Morgan fingerprint density at radius 2 is 1.96 bits per heavy atom. The highest BCUT2D eigenvalue weighted by molar-refractivity contribution is 14.0. The summed E-state index contributed by atoms with van der Waals surface area (Å²) in [6.45, 7) is 6.47. The first-order chi connectivity index (χ1) is 12.2. The fourth-order valence-corrected chi connectivity index (χ4v) is 4.74. The van der Waals surface area contributed by atoms with E-state index in [0.29, 0.717) is 5.96 Å². The molecule has 3 N–H and O–H groups in total. The largest absolute Gasteiger partial charge is 0.370 e. The molecule has 5 nitrogen and oxygen atoms in total. The number of aliphatic imine (C=N–C) groups is 1. The predicted molar refractivity (Wildman–Crippen MR) is 123 cm³/mol. The molecule has 2 aliphatic rings. The standard InChI is InChI=1S/C19H33N5S.HI/c1-23-13-8-19(9-14-23,24-11-3-2-4-12-24)16-22-18(20)21-10-7-17-6-5-15-25-17;/h5-6,15H,2-4,7-14,16H2,1H3,(H3,20,21,22);1H. The molecule has 7 heteroatoms. The topological polar surface area (TPSA) is 56.9 Å². The Hall–Kier alpha value is -0.380. The molecule has 0 aromatic carbocycles. The molecular weight excluding hydrogens is 457 g/mol. The summed E-state index contributed by atoms with van der Waals surface area (Å²) < 4.78 is 0. The van der Waals surface area contributed by atoms with Gasteiger partial charge in [0.2, 0.25) is 0 Å². The van der Waals surface area contributed by atoms with E-state index in [1.165, 1.54) is 50.1 Å². The zero-order valence-electron chi connectivity index (χ0n) is 16.0. The number of rotatable bonds is 6. The van der Waals surface area contributed by atoms with Gasteiger partial charge in [-0.25, -0.2) is 0 Å². The number of halogens is 1. The molecule has 3 heterocycles. The number of nitrogens with two attached hydrogens (primary N) is 1. The van der Waals surface area contributed by atoms with Crippen molar-refractivity contribution < 1.29 is 0 Å². The maximum atomic E-state index is 6.16. The third-order valence-corrected chi connectivity index (χ3v) is 6.68. The fraction of sp³-hybridized carbons (Fsp3) is 0.737. The maximum Gasteiger partial charge on any atom is 0.188 e. The van der Waals surface area contributed by atoms with E-state index in [4.69, 9.17) is 10.7 Å². The van der Waals surface area contributed by atoms with Gasteiger partial charge in [-0.2, -0.15) is 0 Å². The first kappa shape index (κ1) is 21.9. The van der Waals surface area contributed by atoms with Crippen molar-refractivity contribution in [2.45, 2.75) is 44.1 Å². The van der Waals surface area contributed by atoms with Crippen LogP contribution in [0.25, 0.3) is 0 Å². The van der Waals surface area contributed by atoms with Gasteiger partial charge >= 0.3 is 0 Å². The molecule has 0 aliphatic carbocycles. The summed E-state index contributed by atoms with van der Waals surface area (Å²) in [5.74, 6) is 0.604. The molecule has 0 radical (unpaired) electrons. The molecule has 2 saturated heterocycles. The number of hydrogen-bond donors (Lipinski definition) is 2. The first-order valence-corrected chi connectivity index (χ1v) is 10.6. The van der Waals surface area contributed by atoms with Gasteiger partial charge in [0, 0.05) is 17.0 Å². The SMILES string of the molecule is CN1CCC(CN=C(N)NCCc2cccs2)(N2CCCCC2)CC1.I. The van der Waals surface area contributed by atoms with Crippen LogP contribution in [-0.2, 0) is 6.42 Å². The predicted octanol–water partition coefficient (Wildman–Crippen LogP) is 2.76. The van der Waals surface area contributed by atoms with E-state index in [1.807, 2.05) is 0 Å². The summed E-state index contributed by atoms with van der Waals surface area (Å²) in [5, 5.41) is 5.42. The van der Waals surface area contributed by atoms with E-state index in [-0.39, 0.29) is 29.5 Å². The van der Waals surface area contributed by atoms with Gasteiger partial charge in [-0.05, 0) is 76.8 Å². The van der Waals surface area contributed by atoms with Crippen LogP contribution in [0.5, 0.6) is 0 Å². The highest BCUT2D eigenvalue weighted by atomic mass is 127. The van der Waals surface area contributed by atoms with Crippen molar-refractivity contribution in [3.63, 3.8) is 0 Å². The molecule has 3 rings (SSSR count). The second-order valence-electron chi connectivity index (χ2n) is 7.53. The van der Waals surface area contributed by atoms with Crippen LogP contribution < -0.4 is 11.1 Å². The zero-order chi connectivity index (χ0) is 17.5. The number of likely N-dealkylation sites (tertiary alicyclic amines) is 2. The minimum Gasteiger partial charge on any atom is -0.370 e. The molecule has 2 aliphatic heterocycles. The van der Waals surface area contributed by atoms with Crippen molar-refractivity contribution in [1.82, 2.24) is 15.1 Å². The number of nitrogens with zero attached hydrogens (tertiary/aromatic N) is 3. The Balaban J connectivity index is 0.00000243. The van der Waals surface area contributed by atoms with Crippen molar-refractivity contribution in [3.05, 3.63) is 22.4 Å². The van der Waals surface area contributed by atoms with Crippen molar-refractivity contribution >= 4 is 41.3 Å². The van der Waals surface area contributed by atoms with Crippen LogP contribution in [0.1, 0.15) is 37.0 Å². The van der Waals surface area contributed by atoms with E-state index in [0.717, 1.165) is 32.6 Å². The monoisotopic (exact) mass is 491 g/mol. The van der Waals surface area contributed by atoms with Crippen molar-refractivity contribution in [2.75, 3.05) is 46.3 Å². The Labute approximate surface area is 179 Å². The third-order valence-electron chi connectivity index (χ3n) is 5.75. The Morgan fingerprint density at radius 3 is 2.62 bits per heavy atom. The minimum absolute atomic E-state index is 0. The van der Waals surface area contributed by atoms with Gasteiger partial charge in [-0.3, -0.25) is 9.89 Å². The molecular formula is C19H34IN5S. The quantitative estimate of drug-likeness (QED) is 0.365. The lowest BCUT2D eigenvalue weighted by atomic mass is 9.84. The Bertz CT molecular complexity index is 534. The Kier molecular flexibility index (Phi) is 9.12. The zero-order valence-corrected chi connectivity index (χ0v) is 19.1. The molecule has 0 bridgehead atoms. The molecule has 148 valence electrons. The number of nitrogens with one attached hydrogen (secondary N) is 1. The number of guanidine groups is 1. The van der Waals surface area contributed by atoms with E-state index in [9.17, 15) is 0 Å². The van der Waals surface area contributed by atoms with Gasteiger partial charge in [0.1, 0.15) is 0 Å². The first-order valence-electron chi connectivity index (χ1n) is 9.68. The van der Waals surface area contributed by atoms with E-state index < -0.39 is 0 Å². The molecule has 2 fully saturated rings. The van der Waals surface area contributed by atoms with Crippen LogP contribution in [-0.4, -0.2) is 67.6 Å². The van der Waals surface area contributed by atoms with Gasteiger partial charge in [0.05, 0.1) is 6.54 Å². The second kappa shape index (κ2) is 10.8. The maximum absolute atomic E-state index is 6.16. The lowest BCUT2D eigenvalue weighted by molar-refractivity contribution is 0.0208. The van der Waals surface area contributed by atoms with Gasteiger partial charge in [-0.1, -0.05) is 12.5 Å². The lowest BCUT2D eigenvalue weighted by Crippen LogP contribution is -2.58. The van der Waals surface area contributed by atoms with Crippen molar-refractivity contribution in [3.8, 4) is 0 Å². The molecule has 0 saturated carbocycles. The van der Waals surface area contributed by atoms with Crippen LogP contribution in [0.15, 0.2) is 22.5 Å². The molecule has 0 spiro atoms. The summed E-state index contributed by atoms with van der Waals surface area (Å²) in [7, 11) is 2.23. The van der Waals surface area contributed by atoms with Crippen LogP contribution in [0, 0.1) is 0 Å². The van der Waals surface area contributed by atoms with Crippen LogP contribution >= 0.6 is 35.3 Å². The van der Waals surface area contributed by atoms with Crippen LogP contribution in [0.3, 0.4) is 0 Å². The fourth-order valence-electron chi connectivity index (χ4n) is 4.03.